The number of Topliss-reactive ketones (excluding diaryl/α,β-unsaturated/α-hetero) is 1. The van der Waals surface area contributed by atoms with Crippen LogP contribution in [0.3, 0.4) is 0 Å². The van der Waals surface area contributed by atoms with Crippen LogP contribution in [0.2, 0.25) is 0 Å². The van der Waals surface area contributed by atoms with E-state index >= 15 is 0 Å². The van der Waals surface area contributed by atoms with E-state index in [1.54, 1.807) is 13.1 Å². The van der Waals surface area contributed by atoms with E-state index in [1.807, 2.05) is 36.4 Å². The number of carbonyl (C=O) groups is 2. The molecule has 0 aliphatic carbocycles. The number of fused-ring (bicyclic) bond motifs is 1. The number of rotatable bonds is 7. The number of primary amides is 1. The van der Waals surface area contributed by atoms with E-state index < -0.39 is 23.7 Å². The Bertz CT molecular complexity index is 1170. The lowest BCUT2D eigenvalue weighted by Gasteiger charge is -2.18. The van der Waals surface area contributed by atoms with Gasteiger partial charge in [0.05, 0.1) is 5.52 Å². The third-order valence-electron chi connectivity index (χ3n) is 5.92. The predicted octanol–water partition coefficient (Wildman–Crippen LogP) is 1.78. The topological polar surface area (TPSA) is 117 Å². The van der Waals surface area contributed by atoms with Gasteiger partial charge >= 0.3 is 5.76 Å². The molecule has 4 rings (SSSR count). The molecular formula is C24H27N3O5. The molecule has 32 heavy (non-hydrogen) atoms. The lowest BCUT2D eigenvalue weighted by molar-refractivity contribution is -0.134. The van der Waals surface area contributed by atoms with Gasteiger partial charge < -0.3 is 20.2 Å². The Kier molecular flexibility index (Phi) is 6.53. The van der Waals surface area contributed by atoms with Crippen molar-refractivity contribution in [2.75, 3.05) is 19.7 Å². The molecule has 8 nitrogen and oxygen atoms in total. The smallest absolute Gasteiger partial charge is 0.408 e. The summed E-state index contributed by atoms with van der Waals surface area (Å²) in [5, 5.41) is 3.18. The standard InChI is InChI=1S/C24H27N3O5/c1-27-19-12-17(7-8-21(19)32-24(27)30)16-5-3-15(4-6-16)11-18(23(25)29)13-20(28)22-14-26-9-2-10-31-22/h3-8,12,18,22,26H,2,9-11,13-14H2,1H3,(H2,25,29)/t18-,22?/m1/s1. The predicted molar refractivity (Wildman–Crippen MR) is 120 cm³/mol. The van der Waals surface area contributed by atoms with Gasteiger partial charge in [0, 0.05) is 32.5 Å². The summed E-state index contributed by atoms with van der Waals surface area (Å²) in [7, 11) is 1.67. The van der Waals surface area contributed by atoms with Crippen LogP contribution in [0.4, 0.5) is 0 Å². The summed E-state index contributed by atoms with van der Waals surface area (Å²) >= 11 is 0. The summed E-state index contributed by atoms with van der Waals surface area (Å²) in [6.45, 7) is 1.82. The van der Waals surface area contributed by atoms with Crippen LogP contribution < -0.4 is 16.8 Å². The lowest BCUT2D eigenvalue weighted by atomic mass is 9.91. The molecule has 0 saturated carbocycles. The van der Waals surface area contributed by atoms with Crippen LogP contribution in [-0.2, 0) is 27.8 Å². The van der Waals surface area contributed by atoms with Crippen LogP contribution in [0.15, 0.2) is 51.7 Å². The number of aromatic nitrogens is 1. The zero-order valence-corrected chi connectivity index (χ0v) is 18.0. The van der Waals surface area contributed by atoms with Gasteiger partial charge in [0.2, 0.25) is 5.91 Å². The molecule has 1 amide bonds. The minimum atomic E-state index is -0.586. The highest BCUT2D eigenvalue weighted by molar-refractivity contribution is 5.89. The molecule has 1 aliphatic rings. The largest absolute Gasteiger partial charge is 0.419 e. The molecular weight excluding hydrogens is 410 g/mol. The molecule has 0 bridgehead atoms. The van der Waals surface area contributed by atoms with E-state index in [-0.39, 0.29) is 12.2 Å². The van der Waals surface area contributed by atoms with E-state index in [4.69, 9.17) is 14.9 Å². The van der Waals surface area contributed by atoms with E-state index in [0.29, 0.717) is 25.2 Å². The monoisotopic (exact) mass is 437 g/mol. The van der Waals surface area contributed by atoms with E-state index in [0.717, 1.165) is 35.2 Å². The van der Waals surface area contributed by atoms with Gasteiger partial charge in [0.25, 0.3) is 0 Å². The van der Waals surface area contributed by atoms with Crippen LogP contribution in [0.1, 0.15) is 18.4 Å². The van der Waals surface area contributed by atoms with Crippen molar-refractivity contribution in [3.63, 3.8) is 0 Å². The first kappa shape index (κ1) is 22.0. The van der Waals surface area contributed by atoms with Crippen LogP contribution in [0.5, 0.6) is 0 Å². The molecule has 3 N–H and O–H groups in total. The number of oxazole rings is 1. The quantitative estimate of drug-likeness (QED) is 0.582. The number of hydrogen-bond acceptors (Lipinski definition) is 6. The Hall–Kier alpha value is -3.23. The fourth-order valence-corrected chi connectivity index (χ4v) is 3.99. The number of ether oxygens (including phenoxy) is 1. The molecule has 2 aromatic carbocycles. The second-order valence-electron chi connectivity index (χ2n) is 8.20. The summed E-state index contributed by atoms with van der Waals surface area (Å²) in [5.74, 6) is -1.57. The average molecular weight is 437 g/mol. The normalized spacial score (nSPS) is 17.7. The van der Waals surface area contributed by atoms with E-state index in [9.17, 15) is 14.4 Å². The summed E-state index contributed by atoms with van der Waals surface area (Å²) in [6.07, 6.45) is 0.778. The van der Waals surface area contributed by atoms with E-state index in [1.165, 1.54) is 4.57 Å². The Morgan fingerprint density at radius 1 is 1.19 bits per heavy atom. The highest BCUT2D eigenvalue weighted by Gasteiger charge is 2.26. The first-order valence-electron chi connectivity index (χ1n) is 10.8. The number of nitrogens with one attached hydrogen (secondary N) is 1. The third-order valence-corrected chi connectivity index (χ3v) is 5.92. The number of hydrogen-bond donors (Lipinski definition) is 2. The van der Waals surface area contributed by atoms with Gasteiger partial charge in [-0.25, -0.2) is 4.79 Å². The second kappa shape index (κ2) is 9.50. The first-order valence-corrected chi connectivity index (χ1v) is 10.8. The highest BCUT2D eigenvalue weighted by atomic mass is 16.5. The van der Waals surface area contributed by atoms with Crippen molar-refractivity contribution >= 4 is 22.8 Å². The fraction of sp³-hybridized carbons (Fsp3) is 0.375. The third kappa shape index (κ3) is 4.81. The Labute approximate surface area is 185 Å². The van der Waals surface area contributed by atoms with Gasteiger partial charge in [-0.3, -0.25) is 14.2 Å². The van der Waals surface area contributed by atoms with Crippen molar-refractivity contribution in [3.8, 4) is 11.1 Å². The van der Waals surface area contributed by atoms with Crippen LogP contribution >= 0.6 is 0 Å². The minimum absolute atomic E-state index is 0.0641. The molecule has 0 radical (unpaired) electrons. The maximum Gasteiger partial charge on any atom is 0.419 e. The van der Waals surface area contributed by atoms with Crippen LogP contribution in [0, 0.1) is 5.92 Å². The molecule has 0 spiro atoms. The van der Waals surface area contributed by atoms with Crippen molar-refractivity contribution in [3.05, 3.63) is 58.6 Å². The van der Waals surface area contributed by atoms with Gasteiger partial charge in [-0.2, -0.15) is 0 Å². The number of carbonyl (C=O) groups excluding carboxylic acids is 2. The maximum absolute atomic E-state index is 12.6. The Morgan fingerprint density at radius 3 is 2.69 bits per heavy atom. The molecule has 1 fully saturated rings. The maximum atomic E-state index is 12.6. The van der Waals surface area contributed by atoms with Crippen molar-refractivity contribution in [2.45, 2.75) is 25.4 Å². The molecule has 8 heteroatoms. The van der Waals surface area contributed by atoms with Crippen LogP contribution in [-0.4, -0.2) is 42.1 Å². The van der Waals surface area contributed by atoms with Gasteiger partial charge in [0.15, 0.2) is 11.4 Å². The van der Waals surface area contributed by atoms with Gasteiger partial charge in [0.1, 0.15) is 6.10 Å². The summed E-state index contributed by atoms with van der Waals surface area (Å²) < 4.78 is 12.3. The highest BCUT2D eigenvalue weighted by Crippen LogP contribution is 2.25. The summed E-state index contributed by atoms with van der Waals surface area (Å²) in [5.41, 5.74) is 9.69. The van der Waals surface area contributed by atoms with Gasteiger partial charge in [-0.15, -0.1) is 0 Å². The van der Waals surface area contributed by atoms with Crippen molar-refractivity contribution in [2.24, 2.45) is 18.7 Å². The molecule has 1 aromatic heterocycles. The Balaban J connectivity index is 1.46. The SMILES string of the molecule is Cn1c(=O)oc2ccc(-c3ccc(C[C@H](CC(=O)C4CNCCCO4)C(N)=O)cc3)cc21. The van der Waals surface area contributed by atoms with E-state index in [2.05, 4.69) is 5.32 Å². The zero-order valence-electron chi connectivity index (χ0n) is 18.0. The Morgan fingerprint density at radius 2 is 1.94 bits per heavy atom. The molecule has 1 unspecified atom stereocenters. The number of nitrogens with zero attached hydrogens (tertiary/aromatic N) is 1. The second-order valence-corrected chi connectivity index (χ2v) is 8.20. The molecule has 1 aliphatic heterocycles. The van der Waals surface area contributed by atoms with Crippen molar-refractivity contribution < 1.29 is 18.7 Å². The number of ketones is 1. The average Bonchev–Trinajstić information content (AvgIpc) is 2.96. The number of amides is 1. The fourth-order valence-electron chi connectivity index (χ4n) is 3.99. The van der Waals surface area contributed by atoms with Crippen molar-refractivity contribution in [1.29, 1.82) is 0 Å². The molecule has 2 atom stereocenters. The molecule has 168 valence electrons. The van der Waals surface area contributed by atoms with Crippen molar-refractivity contribution in [1.82, 2.24) is 9.88 Å². The summed E-state index contributed by atoms with van der Waals surface area (Å²) in [4.78, 5) is 36.3. The number of benzene rings is 2. The lowest BCUT2D eigenvalue weighted by Crippen LogP contribution is -2.37. The summed E-state index contributed by atoms with van der Waals surface area (Å²) in [6, 6.07) is 13.3. The molecule has 3 aromatic rings. The molecule has 1 saturated heterocycles. The van der Waals surface area contributed by atoms with Gasteiger partial charge in [-0.05, 0) is 48.2 Å². The van der Waals surface area contributed by atoms with Gasteiger partial charge in [-0.1, -0.05) is 30.3 Å². The first-order chi connectivity index (χ1) is 15.4. The zero-order chi connectivity index (χ0) is 22.7. The minimum Gasteiger partial charge on any atom is -0.408 e. The van der Waals surface area contributed by atoms with Crippen LogP contribution in [0.25, 0.3) is 22.2 Å². The molecule has 2 heterocycles. The number of nitrogens with two attached hydrogens (primary N) is 1. The number of aryl methyl sites for hydroxylation is 1.